The first-order valence-electron chi connectivity index (χ1n) is 15.5. The summed E-state index contributed by atoms with van der Waals surface area (Å²) in [5, 5.41) is 10.5. The van der Waals surface area contributed by atoms with Crippen LogP contribution in [0.15, 0.2) is 72.3 Å². The number of hydrogen-bond acceptors (Lipinski definition) is 7. The summed E-state index contributed by atoms with van der Waals surface area (Å²) in [6, 6.07) is 14.6. The number of carbonyl (C=O) groups is 4. The number of fused-ring (bicyclic) bond motifs is 4. The van der Waals surface area contributed by atoms with Crippen LogP contribution in [0.4, 0.5) is 15.8 Å². The van der Waals surface area contributed by atoms with Crippen LogP contribution in [-0.4, -0.2) is 52.7 Å². The molecule has 0 bridgehead atoms. The molecule has 0 aromatic heterocycles. The van der Waals surface area contributed by atoms with Gasteiger partial charge in [0.05, 0.1) is 37.4 Å². The molecule has 2 aliphatic heterocycles. The average Bonchev–Trinajstić information content (AvgIpc) is 3.42. The van der Waals surface area contributed by atoms with Crippen molar-refractivity contribution in [2.45, 2.75) is 41.9 Å². The maximum Gasteiger partial charge on any atom is 0.258 e. The van der Waals surface area contributed by atoms with Crippen LogP contribution in [0.5, 0.6) is 17.2 Å². The van der Waals surface area contributed by atoms with Gasteiger partial charge in [0.15, 0.2) is 9.75 Å². The van der Waals surface area contributed by atoms with Crippen LogP contribution < -0.4 is 19.3 Å². The number of alkyl halides is 2. The lowest BCUT2D eigenvalue weighted by atomic mass is 9.56. The predicted octanol–water partition coefficient (Wildman–Crippen LogP) is 5.88. The van der Waals surface area contributed by atoms with Crippen molar-refractivity contribution in [1.82, 2.24) is 0 Å². The van der Waals surface area contributed by atoms with Crippen LogP contribution in [0.25, 0.3) is 0 Å². The van der Waals surface area contributed by atoms with E-state index in [0.29, 0.717) is 11.3 Å². The zero-order valence-corrected chi connectivity index (χ0v) is 27.7. The van der Waals surface area contributed by atoms with Crippen molar-refractivity contribution >= 4 is 58.2 Å². The van der Waals surface area contributed by atoms with Crippen molar-refractivity contribution in [3.8, 4) is 17.2 Å². The molecular weight excluding hydrogens is 662 g/mol. The number of carbonyl (C=O) groups excluding carboxylic acids is 4. The number of aromatic hydroxyl groups is 1. The molecule has 2 saturated heterocycles. The molecule has 9 nitrogen and oxygen atoms in total. The topological polar surface area (TPSA) is 113 Å². The van der Waals surface area contributed by atoms with Crippen molar-refractivity contribution in [3.05, 3.63) is 89.3 Å². The number of phenolic OH excluding ortho intramolecular Hbond substituents is 1. The minimum atomic E-state index is -2.20. The number of nitrogens with zero attached hydrogens (tertiary/aromatic N) is 2. The molecule has 3 aromatic carbocycles. The fourth-order valence-corrected chi connectivity index (χ4v) is 8.98. The van der Waals surface area contributed by atoms with E-state index >= 15 is 0 Å². The summed E-state index contributed by atoms with van der Waals surface area (Å²) in [6.45, 7) is 2.01. The molecule has 1 saturated carbocycles. The third-order valence-electron chi connectivity index (χ3n) is 10.3. The van der Waals surface area contributed by atoms with Crippen LogP contribution in [0.2, 0.25) is 0 Å². The molecule has 1 N–H and O–H groups in total. The number of amides is 4. The monoisotopic (exact) mass is 692 g/mol. The molecule has 0 unspecified atom stereocenters. The first kappa shape index (κ1) is 32.2. The number of ether oxygens (including phenoxy) is 2. The fraction of sp³-hybridized carbons (Fsp3) is 0.333. The Bertz CT molecular complexity index is 1890. The molecule has 3 aromatic rings. The SMILES string of the molecule is CCc1ccc(N2C(=O)[C@H]3[C@H](CC=C4[C@H]3C[C@@]3(Cl)C(=O)N(c5ccc(F)cc5)C(=O)[C@@]3(Cl)[C@H]4c3c(OC)cc(O)cc3OC)C2=O)cc1. The molecule has 4 amide bonds. The second kappa shape index (κ2) is 11.3. The number of imide groups is 2. The lowest BCUT2D eigenvalue weighted by molar-refractivity contribution is -0.125. The van der Waals surface area contributed by atoms with Gasteiger partial charge in [0.1, 0.15) is 23.1 Å². The van der Waals surface area contributed by atoms with Gasteiger partial charge in [-0.3, -0.25) is 24.1 Å². The third kappa shape index (κ3) is 4.28. The predicted molar refractivity (Wildman–Crippen MR) is 176 cm³/mol. The summed E-state index contributed by atoms with van der Waals surface area (Å²) in [7, 11) is 2.73. The molecule has 2 heterocycles. The van der Waals surface area contributed by atoms with Gasteiger partial charge in [-0.25, -0.2) is 9.29 Å². The second-order valence-corrected chi connectivity index (χ2v) is 13.8. The molecule has 248 valence electrons. The van der Waals surface area contributed by atoms with E-state index in [2.05, 4.69) is 0 Å². The summed E-state index contributed by atoms with van der Waals surface area (Å²) >= 11 is 14.9. The molecule has 48 heavy (non-hydrogen) atoms. The third-order valence-corrected chi connectivity index (χ3v) is 11.7. The summed E-state index contributed by atoms with van der Waals surface area (Å²) in [5.41, 5.74) is 2.31. The summed E-state index contributed by atoms with van der Waals surface area (Å²) in [6.07, 6.45) is 2.51. The molecule has 3 fully saturated rings. The Balaban J connectivity index is 1.43. The number of aryl methyl sites for hydroxylation is 1. The number of benzene rings is 3. The van der Waals surface area contributed by atoms with Crippen LogP contribution in [-0.2, 0) is 25.6 Å². The van der Waals surface area contributed by atoms with E-state index < -0.39 is 57.0 Å². The Labute approximate surface area is 285 Å². The van der Waals surface area contributed by atoms with Crippen LogP contribution >= 0.6 is 23.2 Å². The van der Waals surface area contributed by atoms with Crippen molar-refractivity contribution in [1.29, 1.82) is 0 Å². The molecule has 4 aliphatic rings. The van der Waals surface area contributed by atoms with Crippen LogP contribution in [0.1, 0.15) is 36.8 Å². The highest BCUT2D eigenvalue weighted by Gasteiger charge is 2.77. The Morgan fingerprint density at radius 3 is 2.02 bits per heavy atom. The van der Waals surface area contributed by atoms with Crippen molar-refractivity contribution in [2.75, 3.05) is 24.0 Å². The van der Waals surface area contributed by atoms with Crippen molar-refractivity contribution in [3.63, 3.8) is 0 Å². The number of hydrogen-bond donors (Lipinski definition) is 1. The summed E-state index contributed by atoms with van der Waals surface area (Å²) in [5.74, 6) is -6.76. The van der Waals surface area contributed by atoms with E-state index in [0.717, 1.165) is 29.0 Å². The number of allylic oxidation sites excluding steroid dienone is 2. The normalized spacial score (nSPS) is 29.4. The first-order chi connectivity index (χ1) is 22.9. The number of methoxy groups -OCH3 is 2. The van der Waals surface area contributed by atoms with Crippen molar-refractivity contribution in [2.24, 2.45) is 17.8 Å². The van der Waals surface area contributed by atoms with Gasteiger partial charge in [0.2, 0.25) is 11.8 Å². The summed E-state index contributed by atoms with van der Waals surface area (Å²) in [4.78, 5) is 55.1. The number of phenols is 1. The number of halogens is 3. The highest BCUT2D eigenvalue weighted by molar-refractivity contribution is 6.58. The van der Waals surface area contributed by atoms with Gasteiger partial charge in [-0.05, 0) is 67.1 Å². The van der Waals surface area contributed by atoms with Gasteiger partial charge < -0.3 is 14.6 Å². The van der Waals surface area contributed by atoms with E-state index in [1.165, 1.54) is 43.4 Å². The Kier molecular flexibility index (Phi) is 7.60. The fourth-order valence-electron chi connectivity index (χ4n) is 8.06. The average molecular weight is 694 g/mol. The van der Waals surface area contributed by atoms with Gasteiger partial charge in [0, 0.05) is 23.6 Å². The standard InChI is InChI=1S/C36H31Cl2FN2O7/c1-4-18-5-9-20(10-6-18)40-31(43)24-14-13-23-25(28(24)32(40)44)17-35(37)33(45)41(21-11-7-19(39)8-12-21)34(46)36(35,38)30(23)29-26(47-2)15-22(42)16-27(29)48-3/h5-13,15-16,24-25,28,30,42H,4,14,17H2,1-3H3/t24-,25+,28-,30+,35+,36-/m0/s1. The van der Waals surface area contributed by atoms with Gasteiger partial charge in [-0.15, -0.1) is 23.2 Å². The zero-order valence-electron chi connectivity index (χ0n) is 26.2. The largest absolute Gasteiger partial charge is 0.508 e. The summed E-state index contributed by atoms with van der Waals surface area (Å²) < 4.78 is 25.3. The number of rotatable bonds is 6. The van der Waals surface area contributed by atoms with Gasteiger partial charge in [0.25, 0.3) is 11.8 Å². The smallest absolute Gasteiger partial charge is 0.258 e. The molecule has 2 aliphatic carbocycles. The van der Waals surface area contributed by atoms with Gasteiger partial charge in [-0.1, -0.05) is 30.7 Å². The Morgan fingerprint density at radius 2 is 1.44 bits per heavy atom. The van der Waals surface area contributed by atoms with Crippen LogP contribution in [0, 0.1) is 23.6 Å². The lowest BCUT2D eigenvalue weighted by Crippen LogP contribution is -2.60. The molecule has 7 rings (SSSR count). The maximum absolute atomic E-state index is 14.6. The lowest BCUT2D eigenvalue weighted by Gasteiger charge is -2.51. The van der Waals surface area contributed by atoms with Crippen LogP contribution in [0.3, 0.4) is 0 Å². The molecule has 6 atom stereocenters. The molecular formula is C36H31Cl2FN2O7. The van der Waals surface area contributed by atoms with E-state index in [1.807, 2.05) is 19.1 Å². The van der Waals surface area contributed by atoms with E-state index in [4.69, 9.17) is 32.7 Å². The Hall–Kier alpha value is -4.41. The molecule has 0 radical (unpaired) electrons. The highest BCUT2D eigenvalue weighted by Crippen LogP contribution is 2.67. The quantitative estimate of drug-likeness (QED) is 0.195. The van der Waals surface area contributed by atoms with E-state index in [9.17, 15) is 28.7 Å². The highest BCUT2D eigenvalue weighted by atomic mass is 35.5. The maximum atomic E-state index is 14.6. The number of anilines is 2. The first-order valence-corrected chi connectivity index (χ1v) is 16.3. The molecule has 0 spiro atoms. The minimum Gasteiger partial charge on any atom is -0.508 e. The van der Waals surface area contributed by atoms with Gasteiger partial charge >= 0.3 is 0 Å². The minimum absolute atomic E-state index is 0.0629. The molecule has 12 heteroatoms. The zero-order chi connectivity index (χ0) is 34.3. The van der Waals surface area contributed by atoms with Crippen molar-refractivity contribution < 1.29 is 38.1 Å². The Morgan fingerprint density at radius 1 is 0.854 bits per heavy atom. The van der Waals surface area contributed by atoms with E-state index in [-0.39, 0.29) is 47.2 Å². The van der Waals surface area contributed by atoms with Gasteiger partial charge in [-0.2, -0.15) is 0 Å². The second-order valence-electron chi connectivity index (χ2n) is 12.5. The van der Waals surface area contributed by atoms with E-state index in [1.54, 1.807) is 18.2 Å².